The summed E-state index contributed by atoms with van der Waals surface area (Å²) in [7, 11) is 0. The predicted octanol–water partition coefficient (Wildman–Crippen LogP) is 5.43. The summed E-state index contributed by atoms with van der Waals surface area (Å²) in [4.78, 5) is 33.5. The van der Waals surface area contributed by atoms with Gasteiger partial charge in [0.1, 0.15) is 5.82 Å². The molecule has 0 radical (unpaired) electrons. The van der Waals surface area contributed by atoms with E-state index in [-0.39, 0.29) is 17.4 Å². The molecule has 0 bridgehead atoms. The first-order valence-corrected chi connectivity index (χ1v) is 14.4. The summed E-state index contributed by atoms with van der Waals surface area (Å²) < 4.78 is 2.13. The monoisotopic (exact) mass is 551 g/mol. The van der Waals surface area contributed by atoms with Crippen LogP contribution in [-0.4, -0.2) is 49.4 Å². The average Bonchev–Trinajstić information content (AvgIpc) is 3.52. The van der Waals surface area contributed by atoms with E-state index >= 15 is 0 Å². The third-order valence-electron chi connectivity index (χ3n) is 8.74. The van der Waals surface area contributed by atoms with Crippen molar-refractivity contribution in [3.05, 3.63) is 121 Å². The number of rotatable bonds is 6. The Balaban J connectivity index is 1.02. The Morgan fingerprint density at radius 1 is 0.857 bits per heavy atom. The number of hydrogen-bond donors (Lipinski definition) is 1. The van der Waals surface area contributed by atoms with Crippen molar-refractivity contribution in [1.82, 2.24) is 29.7 Å². The first kappa shape index (κ1) is 24.7. The maximum Gasteiger partial charge on any atom is 0.251 e. The SMILES string of the molecule is O=C(NC1CCN(c2ccccn2)C1)c1ccc(-c2cnc3ncc(C4(c5ccc6ncccc6c5)CC4)n3c2)cc1. The van der Waals surface area contributed by atoms with Crippen molar-refractivity contribution in [2.24, 2.45) is 0 Å². The Bertz CT molecular complexity index is 1930. The van der Waals surface area contributed by atoms with Crippen LogP contribution in [0.2, 0.25) is 0 Å². The van der Waals surface area contributed by atoms with E-state index in [0.29, 0.717) is 11.3 Å². The summed E-state index contributed by atoms with van der Waals surface area (Å²) in [5.41, 5.74) is 6.01. The minimum atomic E-state index is -0.0713. The maximum atomic E-state index is 13.0. The van der Waals surface area contributed by atoms with E-state index < -0.39 is 0 Å². The van der Waals surface area contributed by atoms with Gasteiger partial charge in [-0.15, -0.1) is 0 Å². The van der Waals surface area contributed by atoms with Crippen molar-refractivity contribution >= 4 is 28.4 Å². The molecular formula is C34H29N7O. The molecule has 2 aromatic carbocycles. The van der Waals surface area contributed by atoms with Crippen LogP contribution in [0.15, 0.2) is 104 Å². The molecule has 1 saturated heterocycles. The lowest BCUT2D eigenvalue weighted by atomic mass is 9.91. The van der Waals surface area contributed by atoms with Crippen molar-refractivity contribution in [2.75, 3.05) is 18.0 Å². The summed E-state index contributed by atoms with van der Waals surface area (Å²) in [6, 6.07) is 24.4. The predicted molar refractivity (Wildman–Crippen MR) is 163 cm³/mol. The topological polar surface area (TPSA) is 88.3 Å². The number of carbonyl (C=O) groups excluding carboxylic acids is 1. The third kappa shape index (κ3) is 4.27. The number of carbonyl (C=O) groups is 1. The molecule has 1 aliphatic carbocycles. The molecule has 8 heteroatoms. The second-order valence-electron chi connectivity index (χ2n) is 11.3. The van der Waals surface area contributed by atoms with Crippen LogP contribution in [0.3, 0.4) is 0 Å². The molecule has 0 spiro atoms. The summed E-state index contributed by atoms with van der Waals surface area (Å²) in [6.07, 6.45) is 12.6. The largest absolute Gasteiger partial charge is 0.354 e. The van der Waals surface area contributed by atoms with Crippen molar-refractivity contribution in [2.45, 2.75) is 30.7 Å². The molecule has 1 amide bonds. The van der Waals surface area contributed by atoms with Gasteiger partial charge in [-0.1, -0.05) is 30.3 Å². The standard InChI is InChI=1S/C34H29N7O/c42-32(39-28-12-17-40(22-28)31-5-1-2-15-36-31)24-8-6-23(7-9-24)26-19-37-33-38-20-30(41(33)21-26)34(13-14-34)27-10-11-29-25(18-27)4-3-16-35-29/h1-11,15-16,18-21,28H,12-14,17,22H2,(H,39,42). The highest BCUT2D eigenvalue weighted by Gasteiger charge is 2.48. The smallest absolute Gasteiger partial charge is 0.251 e. The molecule has 2 fully saturated rings. The van der Waals surface area contributed by atoms with Gasteiger partial charge in [-0.3, -0.25) is 14.2 Å². The molecule has 8 rings (SSSR count). The zero-order chi connectivity index (χ0) is 28.1. The molecule has 4 aromatic heterocycles. The second kappa shape index (κ2) is 9.76. The minimum absolute atomic E-state index is 0.0545. The van der Waals surface area contributed by atoms with Crippen molar-refractivity contribution in [3.8, 4) is 11.1 Å². The lowest BCUT2D eigenvalue weighted by Gasteiger charge is -2.18. The Morgan fingerprint density at radius 2 is 1.71 bits per heavy atom. The molecule has 1 aliphatic heterocycles. The first-order valence-electron chi connectivity index (χ1n) is 14.4. The summed E-state index contributed by atoms with van der Waals surface area (Å²) in [6.45, 7) is 1.64. The van der Waals surface area contributed by atoms with Gasteiger partial charge in [0, 0.05) is 65.8 Å². The summed E-state index contributed by atoms with van der Waals surface area (Å²) in [5.74, 6) is 1.59. The number of fused-ring (bicyclic) bond motifs is 2. The van der Waals surface area contributed by atoms with Crippen LogP contribution < -0.4 is 10.2 Å². The molecule has 1 saturated carbocycles. The number of nitrogens with one attached hydrogen (secondary N) is 1. The zero-order valence-corrected chi connectivity index (χ0v) is 23.0. The average molecular weight is 552 g/mol. The fourth-order valence-corrected chi connectivity index (χ4v) is 6.28. The van der Waals surface area contributed by atoms with Gasteiger partial charge in [0.2, 0.25) is 5.78 Å². The first-order chi connectivity index (χ1) is 20.7. The molecule has 1 unspecified atom stereocenters. The Kier molecular flexibility index (Phi) is 5.73. The normalized spacial score (nSPS) is 17.5. The number of aromatic nitrogens is 5. The molecule has 206 valence electrons. The van der Waals surface area contributed by atoms with Crippen molar-refractivity contribution in [3.63, 3.8) is 0 Å². The minimum Gasteiger partial charge on any atom is -0.354 e. The molecule has 5 heterocycles. The van der Waals surface area contributed by atoms with Gasteiger partial charge in [-0.2, -0.15) is 0 Å². The fourth-order valence-electron chi connectivity index (χ4n) is 6.28. The van der Waals surface area contributed by atoms with Gasteiger partial charge in [0.15, 0.2) is 0 Å². The summed E-state index contributed by atoms with van der Waals surface area (Å²) in [5, 5.41) is 4.34. The number of benzene rings is 2. The second-order valence-corrected chi connectivity index (χ2v) is 11.3. The van der Waals surface area contributed by atoms with Crippen LogP contribution in [0, 0.1) is 0 Å². The van der Waals surface area contributed by atoms with Crippen LogP contribution >= 0.6 is 0 Å². The van der Waals surface area contributed by atoms with Crippen LogP contribution in [0.1, 0.15) is 40.9 Å². The lowest BCUT2D eigenvalue weighted by molar-refractivity contribution is 0.0940. The number of hydrogen-bond acceptors (Lipinski definition) is 6. The lowest BCUT2D eigenvalue weighted by Crippen LogP contribution is -2.37. The van der Waals surface area contributed by atoms with E-state index in [2.05, 4.69) is 65.0 Å². The molecule has 8 nitrogen and oxygen atoms in total. The van der Waals surface area contributed by atoms with Gasteiger partial charge in [0.05, 0.1) is 17.4 Å². The molecular weight excluding hydrogens is 522 g/mol. The van der Waals surface area contributed by atoms with Crippen LogP contribution in [0.25, 0.3) is 27.8 Å². The molecule has 42 heavy (non-hydrogen) atoms. The van der Waals surface area contributed by atoms with E-state index in [9.17, 15) is 4.79 Å². The van der Waals surface area contributed by atoms with Gasteiger partial charge in [-0.05, 0) is 72.9 Å². The third-order valence-corrected chi connectivity index (χ3v) is 8.74. The number of anilines is 1. The van der Waals surface area contributed by atoms with Gasteiger partial charge >= 0.3 is 0 Å². The number of nitrogens with zero attached hydrogens (tertiary/aromatic N) is 6. The van der Waals surface area contributed by atoms with E-state index in [1.165, 1.54) is 5.56 Å². The molecule has 1 atom stereocenters. The van der Waals surface area contributed by atoms with Gasteiger partial charge in [-0.25, -0.2) is 15.0 Å². The highest BCUT2D eigenvalue weighted by molar-refractivity contribution is 5.95. The van der Waals surface area contributed by atoms with Gasteiger partial charge < -0.3 is 10.2 Å². The van der Waals surface area contributed by atoms with Crippen molar-refractivity contribution in [1.29, 1.82) is 0 Å². The molecule has 1 N–H and O–H groups in total. The van der Waals surface area contributed by atoms with E-state index in [1.807, 2.05) is 67.1 Å². The zero-order valence-electron chi connectivity index (χ0n) is 23.0. The van der Waals surface area contributed by atoms with Crippen LogP contribution in [-0.2, 0) is 5.41 Å². The Morgan fingerprint density at radius 3 is 2.55 bits per heavy atom. The number of amides is 1. The quantitative estimate of drug-likeness (QED) is 0.297. The van der Waals surface area contributed by atoms with E-state index in [4.69, 9.17) is 0 Å². The van der Waals surface area contributed by atoms with E-state index in [0.717, 1.165) is 65.9 Å². The van der Waals surface area contributed by atoms with Crippen LogP contribution in [0.5, 0.6) is 0 Å². The summed E-state index contributed by atoms with van der Waals surface area (Å²) >= 11 is 0. The molecule has 6 aromatic rings. The Labute approximate surface area is 243 Å². The molecule has 2 aliphatic rings. The number of pyridine rings is 2. The van der Waals surface area contributed by atoms with Crippen molar-refractivity contribution < 1.29 is 4.79 Å². The number of imidazole rings is 1. The van der Waals surface area contributed by atoms with Gasteiger partial charge in [0.25, 0.3) is 5.91 Å². The van der Waals surface area contributed by atoms with E-state index in [1.54, 1.807) is 6.20 Å². The van der Waals surface area contributed by atoms with Crippen LogP contribution in [0.4, 0.5) is 5.82 Å². The Hall–Kier alpha value is -5.11. The fraction of sp³-hybridized carbons (Fsp3) is 0.206. The highest BCUT2D eigenvalue weighted by atomic mass is 16.1. The maximum absolute atomic E-state index is 13.0. The highest BCUT2D eigenvalue weighted by Crippen LogP contribution is 2.53.